The Morgan fingerprint density at radius 1 is 1.16 bits per heavy atom. The van der Waals surface area contributed by atoms with Crippen molar-refractivity contribution in [2.45, 2.75) is 36.7 Å². The molecule has 1 aromatic heterocycles. The average molecular weight is 571 g/mol. The van der Waals surface area contributed by atoms with E-state index in [9.17, 15) is 12.8 Å². The van der Waals surface area contributed by atoms with Crippen molar-refractivity contribution in [2.75, 3.05) is 13.6 Å². The summed E-state index contributed by atoms with van der Waals surface area (Å²) in [5.41, 5.74) is 2.84. The molecular formula is C22H27FIN5O2S. The minimum absolute atomic E-state index is 0. The van der Waals surface area contributed by atoms with Gasteiger partial charge in [0.25, 0.3) is 0 Å². The average Bonchev–Trinajstić information content (AvgIpc) is 3.48. The van der Waals surface area contributed by atoms with E-state index in [2.05, 4.69) is 25.3 Å². The van der Waals surface area contributed by atoms with E-state index in [4.69, 9.17) is 0 Å². The Labute approximate surface area is 204 Å². The Morgan fingerprint density at radius 2 is 1.91 bits per heavy atom. The molecule has 32 heavy (non-hydrogen) atoms. The number of aliphatic imine (C=N–C) groups is 1. The third kappa shape index (κ3) is 6.20. The van der Waals surface area contributed by atoms with E-state index >= 15 is 0 Å². The predicted molar refractivity (Wildman–Crippen MR) is 135 cm³/mol. The second kappa shape index (κ2) is 10.6. The van der Waals surface area contributed by atoms with Gasteiger partial charge >= 0.3 is 0 Å². The van der Waals surface area contributed by atoms with E-state index in [1.165, 1.54) is 12.1 Å². The number of hydrogen-bond donors (Lipinski definition) is 4. The molecule has 1 aliphatic rings. The Balaban J connectivity index is 0.00000289. The SMILES string of the molecule is CN=C(NCCc1c[nH]c2cc(F)ccc12)NCc1ccc(S(=O)(=O)NC2CC2)cc1.I. The Morgan fingerprint density at radius 3 is 2.59 bits per heavy atom. The van der Waals surface area contributed by atoms with Gasteiger partial charge in [-0.1, -0.05) is 12.1 Å². The van der Waals surface area contributed by atoms with Crippen molar-refractivity contribution in [3.63, 3.8) is 0 Å². The zero-order valence-corrected chi connectivity index (χ0v) is 20.8. The number of benzene rings is 2. The quantitative estimate of drug-likeness (QED) is 0.190. The van der Waals surface area contributed by atoms with Crippen LogP contribution >= 0.6 is 24.0 Å². The molecule has 0 bridgehead atoms. The van der Waals surface area contributed by atoms with Gasteiger partial charge in [-0.2, -0.15) is 0 Å². The van der Waals surface area contributed by atoms with Crippen molar-refractivity contribution >= 4 is 50.9 Å². The maximum atomic E-state index is 13.3. The third-order valence-corrected chi connectivity index (χ3v) is 6.77. The molecule has 7 nitrogen and oxygen atoms in total. The Kier molecular flexibility index (Phi) is 8.12. The molecule has 1 saturated carbocycles. The van der Waals surface area contributed by atoms with Crippen LogP contribution in [0.3, 0.4) is 0 Å². The molecule has 0 amide bonds. The molecule has 4 rings (SSSR count). The molecule has 0 radical (unpaired) electrons. The van der Waals surface area contributed by atoms with E-state index in [-0.39, 0.29) is 40.7 Å². The number of hydrogen-bond acceptors (Lipinski definition) is 3. The van der Waals surface area contributed by atoms with Crippen LogP contribution in [-0.4, -0.2) is 39.0 Å². The number of halogens is 2. The highest BCUT2D eigenvalue weighted by Crippen LogP contribution is 2.22. The summed E-state index contributed by atoms with van der Waals surface area (Å²) in [5.74, 6) is 0.395. The highest BCUT2D eigenvalue weighted by atomic mass is 127. The topological polar surface area (TPSA) is 98.4 Å². The summed E-state index contributed by atoms with van der Waals surface area (Å²) < 4.78 is 40.5. The van der Waals surface area contributed by atoms with Crippen LogP contribution in [0.25, 0.3) is 10.9 Å². The number of rotatable bonds is 8. The van der Waals surface area contributed by atoms with Crippen molar-refractivity contribution in [1.29, 1.82) is 0 Å². The smallest absolute Gasteiger partial charge is 0.240 e. The van der Waals surface area contributed by atoms with Gasteiger partial charge < -0.3 is 15.6 Å². The number of nitrogens with one attached hydrogen (secondary N) is 4. The fourth-order valence-electron chi connectivity index (χ4n) is 3.36. The molecule has 3 aromatic rings. The van der Waals surface area contributed by atoms with Crippen molar-refractivity contribution in [3.05, 3.63) is 65.6 Å². The minimum Gasteiger partial charge on any atom is -0.361 e. The fourth-order valence-corrected chi connectivity index (χ4v) is 4.67. The van der Waals surface area contributed by atoms with Crippen LogP contribution in [0, 0.1) is 5.82 Å². The van der Waals surface area contributed by atoms with Gasteiger partial charge in [0.15, 0.2) is 5.96 Å². The molecule has 1 heterocycles. The zero-order valence-electron chi connectivity index (χ0n) is 17.7. The molecule has 1 fully saturated rings. The molecular weight excluding hydrogens is 544 g/mol. The molecule has 0 unspecified atom stereocenters. The van der Waals surface area contributed by atoms with E-state index in [0.29, 0.717) is 19.0 Å². The molecule has 0 atom stereocenters. The summed E-state index contributed by atoms with van der Waals surface area (Å²) in [6, 6.07) is 11.7. The molecule has 0 spiro atoms. The number of sulfonamides is 1. The largest absolute Gasteiger partial charge is 0.361 e. The lowest BCUT2D eigenvalue weighted by Crippen LogP contribution is -2.37. The summed E-state index contributed by atoms with van der Waals surface area (Å²) in [6.07, 6.45) is 4.47. The number of H-pyrrole nitrogens is 1. The van der Waals surface area contributed by atoms with Gasteiger partial charge in [-0.3, -0.25) is 4.99 Å². The molecule has 0 saturated heterocycles. The number of aromatic nitrogens is 1. The first-order chi connectivity index (χ1) is 14.9. The lowest BCUT2D eigenvalue weighted by molar-refractivity contribution is 0.581. The molecule has 2 aromatic carbocycles. The first kappa shape index (κ1) is 24.5. The first-order valence-corrected chi connectivity index (χ1v) is 11.7. The highest BCUT2D eigenvalue weighted by Gasteiger charge is 2.27. The monoisotopic (exact) mass is 571 g/mol. The van der Waals surface area contributed by atoms with Gasteiger partial charge in [-0.05, 0) is 60.7 Å². The lowest BCUT2D eigenvalue weighted by atomic mass is 10.1. The Bertz CT molecular complexity index is 1190. The predicted octanol–water partition coefficient (Wildman–Crippen LogP) is 3.27. The summed E-state index contributed by atoms with van der Waals surface area (Å²) >= 11 is 0. The Hall–Kier alpha value is -2.18. The van der Waals surface area contributed by atoms with Gasteiger partial charge in [0.1, 0.15) is 5.82 Å². The summed E-state index contributed by atoms with van der Waals surface area (Å²) in [6.45, 7) is 1.18. The van der Waals surface area contributed by atoms with Crippen molar-refractivity contribution in [3.8, 4) is 0 Å². The molecule has 1 aliphatic carbocycles. The van der Waals surface area contributed by atoms with Gasteiger partial charge in [0.05, 0.1) is 4.90 Å². The summed E-state index contributed by atoms with van der Waals surface area (Å²) in [5, 5.41) is 7.50. The van der Waals surface area contributed by atoms with E-state index in [1.54, 1.807) is 37.4 Å². The second-order valence-electron chi connectivity index (χ2n) is 7.65. The minimum atomic E-state index is -3.43. The molecule has 10 heteroatoms. The fraction of sp³-hybridized carbons (Fsp3) is 0.318. The molecule has 172 valence electrons. The summed E-state index contributed by atoms with van der Waals surface area (Å²) in [4.78, 5) is 7.60. The molecule has 4 N–H and O–H groups in total. The van der Waals surface area contributed by atoms with Crippen LogP contribution in [0.1, 0.15) is 24.0 Å². The first-order valence-electron chi connectivity index (χ1n) is 10.3. The van der Waals surface area contributed by atoms with Crippen molar-refractivity contribution < 1.29 is 12.8 Å². The summed E-state index contributed by atoms with van der Waals surface area (Å²) in [7, 11) is -1.73. The second-order valence-corrected chi connectivity index (χ2v) is 9.36. The zero-order chi connectivity index (χ0) is 21.8. The number of aromatic amines is 1. The van der Waals surface area contributed by atoms with Gasteiger partial charge in [0, 0.05) is 43.3 Å². The number of nitrogens with zero attached hydrogens (tertiary/aromatic N) is 1. The van der Waals surface area contributed by atoms with Gasteiger partial charge in [-0.15, -0.1) is 24.0 Å². The number of guanidine groups is 1. The molecule has 0 aliphatic heterocycles. The van der Waals surface area contributed by atoms with Crippen LogP contribution < -0.4 is 15.4 Å². The van der Waals surface area contributed by atoms with Crippen LogP contribution in [0.2, 0.25) is 0 Å². The van der Waals surface area contributed by atoms with Crippen molar-refractivity contribution in [2.24, 2.45) is 4.99 Å². The van der Waals surface area contributed by atoms with E-state index in [0.717, 1.165) is 41.3 Å². The van der Waals surface area contributed by atoms with Crippen LogP contribution in [-0.2, 0) is 23.0 Å². The third-order valence-electron chi connectivity index (χ3n) is 5.23. The standard InChI is InChI=1S/C22H26FN5O2S.HI/c1-24-22(25-11-10-16-14-26-21-12-17(23)4-9-20(16)21)27-13-15-2-7-19(8-3-15)31(29,30)28-18-5-6-18;/h2-4,7-9,12,14,18,26,28H,5-6,10-11,13H2,1H3,(H2,24,25,27);1H. The maximum Gasteiger partial charge on any atom is 0.240 e. The van der Waals surface area contributed by atoms with E-state index in [1.807, 2.05) is 6.20 Å². The van der Waals surface area contributed by atoms with Crippen LogP contribution in [0.5, 0.6) is 0 Å². The highest BCUT2D eigenvalue weighted by molar-refractivity contribution is 14.0. The van der Waals surface area contributed by atoms with Gasteiger partial charge in [0.2, 0.25) is 10.0 Å². The number of fused-ring (bicyclic) bond motifs is 1. The normalized spacial score (nSPS) is 14.2. The lowest BCUT2D eigenvalue weighted by Gasteiger charge is -2.12. The van der Waals surface area contributed by atoms with Crippen LogP contribution in [0.15, 0.2) is 58.5 Å². The van der Waals surface area contributed by atoms with Gasteiger partial charge in [-0.25, -0.2) is 17.5 Å². The maximum absolute atomic E-state index is 13.3. The van der Waals surface area contributed by atoms with E-state index < -0.39 is 10.0 Å². The van der Waals surface area contributed by atoms with Crippen molar-refractivity contribution in [1.82, 2.24) is 20.3 Å². The van der Waals surface area contributed by atoms with Crippen LogP contribution in [0.4, 0.5) is 4.39 Å².